The van der Waals surface area contributed by atoms with Crippen molar-refractivity contribution in [3.05, 3.63) is 116 Å². The molecule has 0 bridgehead atoms. The Balaban J connectivity index is 1.50. The minimum atomic E-state index is -4.06. The highest BCUT2D eigenvalue weighted by Gasteiger charge is 2.27. The van der Waals surface area contributed by atoms with Gasteiger partial charge in [-0.3, -0.25) is 9.10 Å². The van der Waals surface area contributed by atoms with Gasteiger partial charge in [-0.25, -0.2) is 13.8 Å². The maximum atomic E-state index is 13.7. The second kappa shape index (κ2) is 15.1. The molecule has 0 aliphatic rings. The Labute approximate surface area is 282 Å². The number of aryl methyl sites for hydroxylation is 1. The average molecular weight is 734 g/mol. The van der Waals surface area contributed by atoms with E-state index in [2.05, 4.69) is 26.5 Å². The summed E-state index contributed by atoms with van der Waals surface area (Å²) >= 11 is 15.8. The number of carbonyl (C=O) groups is 1. The van der Waals surface area contributed by atoms with E-state index in [0.717, 1.165) is 21.0 Å². The van der Waals surface area contributed by atoms with E-state index in [1.54, 1.807) is 54.6 Å². The van der Waals surface area contributed by atoms with Crippen molar-refractivity contribution in [1.29, 1.82) is 0 Å². The van der Waals surface area contributed by atoms with E-state index in [1.165, 1.54) is 25.5 Å². The predicted molar refractivity (Wildman–Crippen MR) is 183 cm³/mol. The van der Waals surface area contributed by atoms with Gasteiger partial charge in [0.25, 0.3) is 15.9 Å². The van der Waals surface area contributed by atoms with Crippen LogP contribution in [0.2, 0.25) is 10.0 Å². The Morgan fingerprint density at radius 1 is 1.02 bits per heavy atom. The molecule has 4 aromatic rings. The highest BCUT2D eigenvalue weighted by molar-refractivity contribution is 9.10. The predicted octanol–water partition coefficient (Wildman–Crippen LogP) is 8.12. The Kier molecular flexibility index (Phi) is 11.5. The number of ether oxygens (including phenoxy) is 2. The van der Waals surface area contributed by atoms with Crippen LogP contribution in [0.15, 0.2) is 93.3 Å². The van der Waals surface area contributed by atoms with Crippen molar-refractivity contribution >= 4 is 67.0 Å². The quantitative estimate of drug-likeness (QED) is 0.117. The summed E-state index contributed by atoms with van der Waals surface area (Å²) in [7, 11) is -2.55. The SMILES string of the molecule is COc1cc(/C=N\NC(=O)CN(c2ccc(C(C)C)cc2)S(=O)(=O)c2ccc(C)cc2)cc(Br)c1OCc1ccc(Cl)cc1Cl. The van der Waals surface area contributed by atoms with Gasteiger partial charge in [0.1, 0.15) is 13.2 Å². The highest BCUT2D eigenvalue weighted by Crippen LogP contribution is 2.37. The summed E-state index contributed by atoms with van der Waals surface area (Å²) in [5, 5.41) is 5.07. The third kappa shape index (κ3) is 8.79. The van der Waals surface area contributed by atoms with Crippen LogP contribution in [0.25, 0.3) is 0 Å². The molecule has 4 aromatic carbocycles. The van der Waals surface area contributed by atoms with Crippen LogP contribution in [0.4, 0.5) is 5.69 Å². The molecule has 8 nitrogen and oxygen atoms in total. The summed E-state index contributed by atoms with van der Waals surface area (Å²) in [5.74, 6) is 0.508. The number of nitrogens with zero attached hydrogens (tertiary/aromatic N) is 2. The topological polar surface area (TPSA) is 97.3 Å². The maximum absolute atomic E-state index is 13.7. The van der Waals surface area contributed by atoms with Crippen LogP contribution in [0.3, 0.4) is 0 Å². The highest BCUT2D eigenvalue weighted by atomic mass is 79.9. The number of hydrogen-bond acceptors (Lipinski definition) is 6. The standard InChI is InChI=1S/C33H32BrCl2N3O5S/c1-21(2)24-8-11-27(12-9-24)39(45(41,42)28-13-5-22(3)6-14-28)19-32(40)38-37-18-23-15-29(34)33(31(16-23)43-4)44-20-25-7-10-26(35)17-30(25)36/h5-18,21H,19-20H2,1-4H3,(H,38,40)/b37-18-. The largest absolute Gasteiger partial charge is 0.493 e. The third-order valence-electron chi connectivity index (χ3n) is 6.79. The number of carbonyl (C=O) groups excluding carboxylic acids is 1. The molecule has 0 fully saturated rings. The number of hydrogen-bond donors (Lipinski definition) is 1. The average Bonchev–Trinajstić information content (AvgIpc) is 3.00. The smallest absolute Gasteiger partial charge is 0.264 e. The van der Waals surface area contributed by atoms with Crippen molar-refractivity contribution in [2.24, 2.45) is 5.10 Å². The molecule has 0 heterocycles. The zero-order chi connectivity index (χ0) is 32.7. The number of halogens is 3. The van der Waals surface area contributed by atoms with Crippen molar-refractivity contribution in [3.8, 4) is 11.5 Å². The van der Waals surface area contributed by atoms with Gasteiger partial charge in [0.2, 0.25) is 0 Å². The number of hydrazone groups is 1. The fourth-order valence-corrected chi connectivity index (χ4v) is 6.72. The van der Waals surface area contributed by atoms with Crippen molar-refractivity contribution in [2.45, 2.75) is 38.2 Å². The number of sulfonamides is 1. The lowest BCUT2D eigenvalue weighted by Gasteiger charge is -2.24. The number of anilines is 1. The van der Waals surface area contributed by atoms with E-state index in [-0.39, 0.29) is 17.4 Å². The zero-order valence-electron chi connectivity index (χ0n) is 25.1. The number of rotatable bonds is 12. The molecule has 4 rings (SSSR count). The van der Waals surface area contributed by atoms with Crippen LogP contribution < -0.4 is 19.2 Å². The summed E-state index contributed by atoms with van der Waals surface area (Å²) in [6.07, 6.45) is 1.42. The summed E-state index contributed by atoms with van der Waals surface area (Å²) < 4.78 is 40.5. The fourth-order valence-electron chi connectivity index (χ4n) is 4.27. The number of benzene rings is 4. The number of amides is 1. The molecule has 0 spiro atoms. The summed E-state index contributed by atoms with van der Waals surface area (Å²) in [6.45, 7) is 5.66. The molecule has 0 aromatic heterocycles. The molecular formula is C33H32BrCl2N3O5S. The normalized spacial score (nSPS) is 11.6. The second-order valence-corrected chi connectivity index (χ2v) is 14.0. The van der Waals surface area contributed by atoms with Gasteiger partial charge in [-0.05, 0) is 88.4 Å². The van der Waals surface area contributed by atoms with Crippen LogP contribution in [-0.2, 0) is 21.4 Å². The molecule has 12 heteroatoms. The first-order valence-corrected chi connectivity index (χ1v) is 16.8. The Morgan fingerprint density at radius 2 is 1.71 bits per heavy atom. The van der Waals surface area contributed by atoms with Crippen LogP contribution in [-0.4, -0.2) is 34.2 Å². The summed E-state index contributed by atoms with van der Waals surface area (Å²) in [6, 6.07) is 22.2. The Bertz CT molecular complexity index is 1800. The van der Waals surface area contributed by atoms with Crippen LogP contribution >= 0.6 is 39.1 Å². The van der Waals surface area contributed by atoms with Crippen molar-refractivity contribution in [3.63, 3.8) is 0 Å². The molecule has 0 aliphatic heterocycles. The molecule has 0 atom stereocenters. The van der Waals surface area contributed by atoms with Crippen molar-refractivity contribution < 1.29 is 22.7 Å². The molecule has 0 unspecified atom stereocenters. The second-order valence-electron chi connectivity index (χ2n) is 10.4. The monoisotopic (exact) mass is 731 g/mol. The van der Waals surface area contributed by atoms with Gasteiger partial charge in [0.15, 0.2) is 11.5 Å². The van der Waals surface area contributed by atoms with E-state index in [9.17, 15) is 13.2 Å². The van der Waals surface area contributed by atoms with Crippen LogP contribution in [0.5, 0.6) is 11.5 Å². The van der Waals surface area contributed by atoms with Crippen molar-refractivity contribution in [1.82, 2.24) is 5.43 Å². The van der Waals surface area contributed by atoms with E-state index >= 15 is 0 Å². The van der Waals surface area contributed by atoms with Crippen LogP contribution in [0, 0.1) is 6.92 Å². The first kappa shape index (κ1) is 34.3. The van der Waals surface area contributed by atoms with E-state index in [4.69, 9.17) is 32.7 Å². The van der Waals surface area contributed by atoms with Gasteiger partial charge in [0.05, 0.1) is 28.4 Å². The summed E-state index contributed by atoms with van der Waals surface area (Å²) in [5.41, 5.74) is 6.10. The molecule has 236 valence electrons. The number of nitrogens with one attached hydrogen (secondary N) is 1. The molecule has 0 saturated heterocycles. The third-order valence-corrected chi connectivity index (χ3v) is 9.75. The van der Waals surface area contributed by atoms with Gasteiger partial charge in [0, 0.05) is 15.6 Å². The molecule has 0 radical (unpaired) electrons. The van der Waals surface area contributed by atoms with E-state index in [1.807, 2.05) is 32.9 Å². The fraction of sp³-hybridized carbons (Fsp3) is 0.212. The minimum absolute atomic E-state index is 0.0786. The molecule has 1 amide bonds. The molecule has 0 saturated carbocycles. The van der Waals surface area contributed by atoms with Gasteiger partial charge >= 0.3 is 0 Å². The molecular weight excluding hydrogens is 701 g/mol. The summed E-state index contributed by atoms with van der Waals surface area (Å²) in [4.78, 5) is 13.1. The van der Waals surface area contributed by atoms with E-state index in [0.29, 0.717) is 37.3 Å². The van der Waals surface area contributed by atoms with Crippen LogP contribution in [0.1, 0.15) is 42.0 Å². The maximum Gasteiger partial charge on any atom is 0.264 e. The molecule has 1 N–H and O–H groups in total. The van der Waals surface area contributed by atoms with E-state index < -0.39 is 22.5 Å². The van der Waals surface area contributed by atoms with Gasteiger partial charge < -0.3 is 9.47 Å². The van der Waals surface area contributed by atoms with Gasteiger partial charge in [-0.1, -0.05) is 72.9 Å². The zero-order valence-corrected chi connectivity index (χ0v) is 29.0. The van der Waals surface area contributed by atoms with Gasteiger partial charge in [-0.15, -0.1) is 0 Å². The Morgan fingerprint density at radius 3 is 2.33 bits per heavy atom. The van der Waals surface area contributed by atoms with Gasteiger partial charge in [-0.2, -0.15) is 5.10 Å². The first-order valence-electron chi connectivity index (χ1n) is 13.8. The Hall–Kier alpha value is -3.57. The number of methoxy groups -OCH3 is 1. The first-order chi connectivity index (χ1) is 21.4. The minimum Gasteiger partial charge on any atom is -0.493 e. The lowest BCUT2D eigenvalue weighted by atomic mass is 10.0. The lowest BCUT2D eigenvalue weighted by Crippen LogP contribution is -2.39. The lowest BCUT2D eigenvalue weighted by molar-refractivity contribution is -0.119. The molecule has 45 heavy (non-hydrogen) atoms. The van der Waals surface area contributed by atoms with Crippen molar-refractivity contribution in [2.75, 3.05) is 18.0 Å². The molecule has 0 aliphatic carbocycles.